The van der Waals surface area contributed by atoms with E-state index in [0.29, 0.717) is 0 Å². The van der Waals surface area contributed by atoms with Crippen LogP contribution in [0.1, 0.15) is 12.8 Å². The maximum absolute atomic E-state index is 12.7. The summed E-state index contributed by atoms with van der Waals surface area (Å²) < 4.78 is 25.3. The van der Waals surface area contributed by atoms with Gasteiger partial charge in [0.05, 0.1) is 11.6 Å². The van der Waals surface area contributed by atoms with E-state index < -0.39 is 16.9 Å². The number of hydrogen-bond donors (Lipinski definition) is 1. The number of nitrogens with two attached hydrogens (primary N) is 1. The molecule has 4 heteroatoms. The fourth-order valence-corrected chi connectivity index (χ4v) is 1.88. The average molecular weight is 144 g/mol. The quantitative estimate of drug-likeness (QED) is 0.542. The van der Waals surface area contributed by atoms with Crippen molar-refractivity contribution in [2.75, 3.05) is 0 Å². The van der Waals surface area contributed by atoms with Gasteiger partial charge in [-0.2, -0.15) is 5.26 Å². The molecule has 0 aliphatic heterocycles. The van der Waals surface area contributed by atoms with E-state index in [9.17, 15) is 8.78 Å². The lowest BCUT2D eigenvalue weighted by molar-refractivity contribution is -0.334. The van der Waals surface area contributed by atoms with Crippen molar-refractivity contribution in [1.82, 2.24) is 0 Å². The topological polar surface area (TPSA) is 49.8 Å². The van der Waals surface area contributed by atoms with Gasteiger partial charge in [0.25, 0.3) is 5.92 Å². The van der Waals surface area contributed by atoms with Crippen LogP contribution in [0.4, 0.5) is 8.78 Å². The standard InChI is InChI=1S/C6H6F2N2/c7-6(8)4(3-9)1-5(6,10)2-4/h1-2,10H2. The molecule has 0 unspecified atom stereocenters. The van der Waals surface area contributed by atoms with Crippen LogP contribution in [0, 0.1) is 16.7 Å². The fourth-order valence-electron chi connectivity index (χ4n) is 1.88. The van der Waals surface area contributed by atoms with Crippen LogP contribution < -0.4 is 5.73 Å². The molecule has 0 saturated heterocycles. The number of rotatable bonds is 0. The highest BCUT2D eigenvalue weighted by atomic mass is 19.3. The van der Waals surface area contributed by atoms with Gasteiger partial charge in [-0.25, -0.2) is 8.78 Å². The molecule has 0 atom stereocenters. The molecule has 54 valence electrons. The molecule has 0 amide bonds. The second kappa shape index (κ2) is 1.08. The second-order valence-corrected chi connectivity index (χ2v) is 3.28. The monoisotopic (exact) mass is 144 g/mol. The molecule has 2 N–H and O–H groups in total. The van der Waals surface area contributed by atoms with Crippen LogP contribution in [-0.2, 0) is 0 Å². The predicted molar refractivity (Wildman–Crippen MR) is 29.1 cm³/mol. The molecule has 0 aromatic carbocycles. The Balaban J connectivity index is 2.35. The Hall–Kier alpha value is -0.690. The van der Waals surface area contributed by atoms with Crippen molar-refractivity contribution in [3.05, 3.63) is 0 Å². The molecule has 3 fully saturated rings. The summed E-state index contributed by atoms with van der Waals surface area (Å²) in [5.74, 6) is -2.92. The number of halogens is 2. The van der Waals surface area contributed by atoms with Crippen molar-refractivity contribution in [2.45, 2.75) is 24.3 Å². The molecule has 3 aliphatic carbocycles. The number of alkyl halides is 2. The number of nitrogens with zero attached hydrogens (tertiary/aromatic N) is 1. The highest BCUT2D eigenvalue weighted by molar-refractivity contribution is 5.40. The van der Waals surface area contributed by atoms with Crippen molar-refractivity contribution in [2.24, 2.45) is 11.1 Å². The lowest BCUT2D eigenvalue weighted by Crippen LogP contribution is -2.87. The first-order valence-electron chi connectivity index (χ1n) is 3.05. The summed E-state index contributed by atoms with van der Waals surface area (Å²) in [6, 6.07) is 1.63. The van der Waals surface area contributed by atoms with Gasteiger partial charge in [-0.05, 0) is 12.8 Å². The first-order chi connectivity index (χ1) is 4.47. The third-order valence-electron chi connectivity index (χ3n) is 2.67. The molecule has 0 spiro atoms. The third kappa shape index (κ3) is 0.279. The molecular weight excluding hydrogens is 138 g/mol. The minimum Gasteiger partial charge on any atom is -0.320 e. The predicted octanol–water partition coefficient (Wildman–Crippen LogP) is 0.637. The summed E-state index contributed by atoms with van der Waals surface area (Å²) >= 11 is 0. The van der Waals surface area contributed by atoms with Crippen molar-refractivity contribution in [3.8, 4) is 6.07 Å². The molecule has 2 nitrogen and oxygen atoms in total. The van der Waals surface area contributed by atoms with Crippen molar-refractivity contribution >= 4 is 0 Å². The van der Waals surface area contributed by atoms with Crippen LogP contribution in [0.25, 0.3) is 0 Å². The molecule has 0 heterocycles. The molecule has 3 aliphatic rings. The molecule has 10 heavy (non-hydrogen) atoms. The highest BCUT2D eigenvalue weighted by Gasteiger charge is 2.88. The van der Waals surface area contributed by atoms with E-state index in [1.807, 2.05) is 0 Å². The normalized spacial score (nSPS) is 54.2. The SMILES string of the molecule is N#CC12CC(N)(C1)C2(F)F. The van der Waals surface area contributed by atoms with E-state index in [1.165, 1.54) is 0 Å². The molecule has 3 saturated carbocycles. The van der Waals surface area contributed by atoms with Gasteiger partial charge in [0.2, 0.25) is 0 Å². The zero-order chi connectivity index (χ0) is 7.62. The molecule has 0 aromatic heterocycles. The van der Waals surface area contributed by atoms with E-state index in [2.05, 4.69) is 0 Å². The average Bonchev–Trinajstić information content (AvgIpc) is 1.82. The first kappa shape index (κ1) is 6.05. The van der Waals surface area contributed by atoms with Crippen LogP contribution in [0.3, 0.4) is 0 Å². The van der Waals surface area contributed by atoms with Crippen LogP contribution in [0.5, 0.6) is 0 Å². The van der Waals surface area contributed by atoms with Crippen molar-refractivity contribution < 1.29 is 8.78 Å². The Kier molecular flexibility index (Phi) is 0.651. The first-order valence-corrected chi connectivity index (χ1v) is 3.05. The molecule has 0 aromatic rings. The zero-order valence-corrected chi connectivity index (χ0v) is 5.19. The van der Waals surface area contributed by atoms with Gasteiger partial charge in [-0.1, -0.05) is 0 Å². The van der Waals surface area contributed by atoms with Gasteiger partial charge in [0.1, 0.15) is 5.41 Å². The second-order valence-electron chi connectivity index (χ2n) is 3.28. The zero-order valence-electron chi connectivity index (χ0n) is 5.19. The van der Waals surface area contributed by atoms with Gasteiger partial charge < -0.3 is 5.73 Å². The Morgan fingerprint density at radius 2 is 1.90 bits per heavy atom. The van der Waals surface area contributed by atoms with E-state index in [0.717, 1.165) is 0 Å². The van der Waals surface area contributed by atoms with Gasteiger partial charge in [-0.15, -0.1) is 0 Å². The van der Waals surface area contributed by atoms with Crippen LogP contribution >= 0.6 is 0 Å². The summed E-state index contributed by atoms with van der Waals surface area (Å²) in [7, 11) is 0. The Morgan fingerprint density at radius 1 is 1.40 bits per heavy atom. The highest BCUT2D eigenvalue weighted by Crippen LogP contribution is 2.74. The van der Waals surface area contributed by atoms with Crippen LogP contribution in [-0.4, -0.2) is 11.5 Å². The van der Waals surface area contributed by atoms with Crippen molar-refractivity contribution in [3.63, 3.8) is 0 Å². The van der Waals surface area contributed by atoms with Gasteiger partial charge in [-0.3, -0.25) is 0 Å². The van der Waals surface area contributed by atoms with Gasteiger partial charge in [0.15, 0.2) is 0 Å². The Labute approximate surface area is 56.6 Å². The van der Waals surface area contributed by atoms with E-state index in [1.54, 1.807) is 6.07 Å². The lowest BCUT2D eigenvalue weighted by atomic mass is 9.37. The van der Waals surface area contributed by atoms with E-state index in [-0.39, 0.29) is 12.8 Å². The lowest BCUT2D eigenvalue weighted by Gasteiger charge is -2.70. The largest absolute Gasteiger partial charge is 0.320 e. The molecular formula is C6H6F2N2. The van der Waals surface area contributed by atoms with Crippen molar-refractivity contribution in [1.29, 1.82) is 5.26 Å². The summed E-state index contributed by atoms with van der Waals surface area (Å²) in [4.78, 5) is 0. The minimum atomic E-state index is -2.92. The summed E-state index contributed by atoms with van der Waals surface area (Å²) in [6.07, 6.45) is 0.340. The minimum absolute atomic E-state index is 0.170. The third-order valence-corrected chi connectivity index (χ3v) is 2.67. The summed E-state index contributed by atoms with van der Waals surface area (Å²) in [6.45, 7) is 0. The maximum Gasteiger partial charge on any atom is 0.284 e. The summed E-state index contributed by atoms with van der Waals surface area (Å²) in [5.41, 5.74) is 2.51. The number of nitriles is 1. The Bertz CT molecular complexity index is 235. The Morgan fingerprint density at radius 3 is 2.00 bits per heavy atom. The smallest absolute Gasteiger partial charge is 0.284 e. The number of hydrogen-bond acceptors (Lipinski definition) is 2. The maximum atomic E-state index is 12.7. The van der Waals surface area contributed by atoms with Gasteiger partial charge >= 0.3 is 0 Å². The van der Waals surface area contributed by atoms with E-state index >= 15 is 0 Å². The van der Waals surface area contributed by atoms with E-state index in [4.69, 9.17) is 11.0 Å². The van der Waals surface area contributed by atoms with Gasteiger partial charge in [0, 0.05) is 0 Å². The summed E-state index contributed by atoms with van der Waals surface area (Å²) in [5, 5.41) is 8.35. The molecule has 3 rings (SSSR count). The fraction of sp³-hybridized carbons (Fsp3) is 0.833. The molecule has 2 bridgehead atoms. The molecule has 0 radical (unpaired) electrons. The van der Waals surface area contributed by atoms with Crippen LogP contribution in [0.15, 0.2) is 0 Å². The van der Waals surface area contributed by atoms with Crippen LogP contribution in [0.2, 0.25) is 0 Å².